The third-order valence-corrected chi connectivity index (χ3v) is 6.47. The largest absolute Gasteiger partial charge is 0.497 e. The van der Waals surface area contributed by atoms with E-state index in [2.05, 4.69) is 9.97 Å². The maximum atomic E-state index is 13.5. The molecule has 0 unspecified atom stereocenters. The number of methoxy groups -OCH3 is 1. The molecular formula is C20H16ClN3O3S. The van der Waals surface area contributed by atoms with E-state index in [1.54, 1.807) is 61.7 Å². The molecule has 0 amide bonds. The Labute approximate surface area is 167 Å². The lowest BCUT2D eigenvalue weighted by molar-refractivity contribution is 0.415. The first kappa shape index (κ1) is 18.5. The zero-order valence-electron chi connectivity index (χ0n) is 15.1. The van der Waals surface area contributed by atoms with Gasteiger partial charge in [-0.1, -0.05) is 29.3 Å². The Morgan fingerprint density at radius 1 is 1.00 bits per heavy atom. The fourth-order valence-electron chi connectivity index (χ4n) is 2.98. The van der Waals surface area contributed by atoms with E-state index in [-0.39, 0.29) is 15.7 Å². The number of hydrogen-bond donors (Lipinski definition) is 0. The molecule has 0 fully saturated rings. The fourth-order valence-corrected chi connectivity index (χ4v) is 4.65. The van der Waals surface area contributed by atoms with Crippen molar-refractivity contribution in [3.05, 3.63) is 71.6 Å². The predicted octanol–water partition coefficient (Wildman–Crippen LogP) is 4.31. The summed E-state index contributed by atoms with van der Waals surface area (Å²) in [4.78, 5) is 8.34. The Bertz CT molecular complexity index is 1260. The molecular weight excluding hydrogens is 398 g/mol. The van der Waals surface area contributed by atoms with Crippen LogP contribution in [0.15, 0.2) is 65.8 Å². The van der Waals surface area contributed by atoms with Crippen LogP contribution in [0, 0.1) is 6.92 Å². The zero-order valence-corrected chi connectivity index (χ0v) is 16.7. The van der Waals surface area contributed by atoms with Crippen molar-refractivity contribution in [2.75, 3.05) is 7.11 Å². The van der Waals surface area contributed by atoms with Gasteiger partial charge in [0.25, 0.3) is 10.0 Å². The molecule has 0 N–H and O–H groups in total. The summed E-state index contributed by atoms with van der Waals surface area (Å²) in [6, 6.07) is 15.5. The van der Waals surface area contributed by atoms with Gasteiger partial charge in [-0.05, 0) is 55.0 Å². The highest BCUT2D eigenvalue weighted by Gasteiger charge is 2.26. The maximum Gasteiger partial charge on any atom is 0.269 e. The standard InChI is InChI=1S/C20H16ClN3O3S/c1-13-3-9-16(10-4-13)28(25,26)24-18(14-5-7-15(27-2)8-6-14)11-17-19(21)22-12-23-20(17)24/h3-12H,1-2H3. The molecule has 0 aliphatic rings. The van der Waals surface area contributed by atoms with Gasteiger partial charge in [0.1, 0.15) is 17.2 Å². The molecule has 0 saturated heterocycles. The molecule has 142 valence electrons. The molecule has 0 aliphatic carbocycles. The van der Waals surface area contributed by atoms with Crippen LogP contribution in [0.3, 0.4) is 0 Å². The number of fused-ring (bicyclic) bond motifs is 1. The average molecular weight is 414 g/mol. The van der Waals surface area contributed by atoms with Crippen LogP contribution in [0.2, 0.25) is 5.15 Å². The number of hydrogen-bond acceptors (Lipinski definition) is 5. The first-order valence-corrected chi connectivity index (χ1v) is 10.2. The van der Waals surface area contributed by atoms with Crippen molar-refractivity contribution < 1.29 is 13.2 Å². The first-order valence-electron chi connectivity index (χ1n) is 8.40. The van der Waals surface area contributed by atoms with E-state index in [0.29, 0.717) is 22.4 Å². The summed E-state index contributed by atoms with van der Waals surface area (Å²) in [5.74, 6) is 0.672. The Morgan fingerprint density at radius 2 is 1.68 bits per heavy atom. The number of ether oxygens (including phenoxy) is 1. The summed E-state index contributed by atoms with van der Waals surface area (Å²) in [6.07, 6.45) is 1.25. The van der Waals surface area contributed by atoms with Gasteiger partial charge in [0.05, 0.1) is 23.1 Å². The third-order valence-electron chi connectivity index (χ3n) is 4.45. The van der Waals surface area contributed by atoms with Crippen molar-refractivity contribution in [3.63, 3.8) is 0 Å². The van der Waals surface area contributed by atoms with Crippen LogP contribution in [0.4, 0.5) is 0 Å². The molecule has 0 spiro atoms. The number of aryl methyl sites for hydroxylation is 1. The van der Waals surface area contributed by atoms with Crippen LogP contribution in [0.1, 0.15) is 5.56 Å². The first-order chi connectivity index (χ1) is 13.4. The number of nitrogens with zero attached hydrogens (tertiary/aromatic N) is 3. The molecule has 2 heterocycles. The predicted molar refractivity (Wildman–Crippen MR) is 108 cm³/mol. The zero-order chi connectivity index (χ0) is 19.9. The second-order valence-corrected chi connectivity index (χ2v) is 8.39. The molecule has 0 saturated carbocycles. The normalized spacial score (nSPS) is 11.7. The number of aromatic nitrogens is 3. The van der Waals surface area contributed by atoms with Crippen molar-refractivity contribution in [2.24, 2.45) is 0 Å². The lowest BCUT2D eigenvalue weighted by atomic mass is 10.1. The number of rotatable bonds is 4. The number of halogens is 1. The SMILES string of the molecule is COc1ccc(-c2cc3c(Cl)ncnc3n2S(=O)(=O)c2ccc(C)cc2)cc1. The van der Waals surface area contributed by atoms with Crippen LogP contribution in [-0.2, 0) is 10.0 Å². The summed E-state index contributed by atoms with van der Waals surface area (Å²) in [5, 5.41) is 0.656. The van der Waals surface area contributed by atoms with E-state index < -0.39 is 10.0 Å². The molecule has 2 aromatic carbocycles. The molecule has 4 rings (SSSR count). The summed E-state index contributed by atoms with van der Waals surface area (Å²) >= 11 is 6.22. The summed E-state index contributed by atoms with van der Waals surface area (Å²) in [6.45, 7) is 1.90. The van der Waals surface area contributed by atoms with Gasteiger partial charge in [-0.2, -0.15) is 0 Å². The van der Waals surface area contributed by atoms with Gasteiger partial charge >= 0.3 is 0 Å². The Balaban J connectivity index is 2.03. The van der Waals surface area contributed by atoms with Gasteiger partial charge in [-0.15, -0.1) is 0 Å². The molecule has 0 aliphatic heterocycles. The second-order valence-electron chi connectivity index (χ2n) is 6.24. The molecule has 0 radical (unpaired) electrons. The monoisotopic (exact) mass is 413 g/mol. The van der Waals surface area contributed by atoms with E-state index in [1.165, 1.54) is 10.3 Å². The Morgan fingerprint density at radius 3 is 2.32 bits per heavy atom. The molecule has 0 bridgehead atoms. The van der Waals surface area contributed by atoms with Gasteiger partial charge in [0.2, 0.25) is 0 Å². The average Bonchev–Trinajstić information content (AvgIpc) is 3.10. The Kier molecular flexibility index (Phi) is 4.56. The smallest absolute Gasteiger partial charge is 0.269 e. The molecule has 4 aromatic rings. The molecule has 2 aromatic heterocycles. The number of benzene rings is 2. The molecule has 0 atom stereocenters. The van der Waals surface area contributed by atoms with Crippen molar-refractivity contribution in [1.82, 2.24) is 13.9 Å². The molecule has 8 heteroatoms. The van der Waals surface area contributed by atoms with Crippen molar-refractivity contribution >= 4 is 32.7 Å². The molecule has 28 heavy (non-hydrogen) atoms. The van der Waals surface area contributed by atoms with Gasteiger partial charge in [-0.25, -0.2) is 22.4 Å². The van der Waals surface area contributed by atoms with E-state index >= 15 is 0 Å². The summed E-state index contributed by atoms with van der Waals surface area (Å²) in [7, 11) is -2.34. The third kappa shape index (κ3) is 3.02. The van der Waals surface area contributed by atoms with Gasteiger partial charge in [-0.3, -0.25) is 0 Å². The van der Waals surface area contributed by atoms with E-state index in [1.807, 2.05) is 6.92 Å². The highest BCUT2D eigenvalue weighted by atomic mass is 35.5. The van der Waals surface area contributed by atoms with Crippen molar-refractivity contribution in [1.29, 1.82) is 0 Å². The lowest BCUT2D eigenvalue weighted by Crippen LogP contribution is -2.14. The summed E-state index contributed by atoms with van der Waals surface area (Å²) < 4.78 is 33.4. The van der Waals surface area contributed by atoms with Crippen LogP contribution in [0.5, 0.6) is 5.75 Å². The van der Waals surface area contributed by atoms with Gasteiger partial charge < -0.3 is 4.74 Å². The van der Waals surface area contributed by atoms with Gasteiger partial charge in [0, 0.05) is 0 Å². The van der Waals surface area contributed by atoms with Crippen LogP contribution >= 0.6 is 11.6 Å². The minimum Gasteiger partial charge on any atom is -0.497 e. The minimum absolute atomic E-state index is 0.167. The van der Waals surface area contributed by atoms with Crippen LogP contribution in [-0.4, -0.2) is 29.5 Å². The minimum atomic E-state index is -3.91. The second kappa shape index (κ2) is 6.92. The maximum absolute atomic E-state index is 13.5. The van der Waals surface area contributed by atoms with Crippen LogP contribution in [0.25, 0.3) is 22.3 Å². The highest BCUT2D eigenvalue weighted by Crippen LogP contribution is 2.34. The lowest BCUT2D eigenvalue weighted by Gasteiger charge is -2.12. The van der Waals surface area contributed by atoms with Crippen molar-refractivity contribution in [3.8, 4) is 17.0 Å². The van der Waals surface area contributed by atoms with E-state index in [9.17, 15) is 8.42 Å². The Hall–Kier alpha value is -2.90. The molecule has 6 nitrogen and oxygen atoms in total. The topological polar surface area (TPSA) is 74.1 Å². The van der Waals surface area contributed by atoms with E-state index in [0.717, 1.165) is 5.56 Å². The highest BCUT2D eigenvalue weighted by molar-refractivity contribution is 7.90. The van der Waals surface area contributed by atoms with Crippen LogP contribution < -0.4 is 4.74 Å². The quantitative estimate of drug-likeness (QED) is 0.466. The summed E-state index contributed by atoms with van der Waals surface area (Å²) in [5.41, 5.74) is 2.33. The van der Waals surface area contributed by atoms with Crippen molar-refractivity contribution in [2.45, 2.75) is 11.8 Å². The van der Waals surface area contributed by atoms with Gasteiger partial charge in [0.15, 0.2) is 5.65 Å². The fraction of sp³-hybridized carbons (Fsp3) is 0.100. The van der Waals surface area contributed by atoms with E-state index in [4.69, 9.17) is 16.3 Å².